The van der Waals surface area contributed by atoms with Crippen LogP contribution in [0.25, 0.3) is 0 Å². The highest BCUT2D eigenvalue weighted by molar-refractivity contribution is 6.05. The number of benzene rings is 3. The number of rotatable bonds is 7. The van der Waals surface area contributed by atoms with Crippen molar-refractivity contribution in [2.24, 2.45) is 0 Å². The molecule has 3 aromatic carbocycles. The Morgan fingerprint density at radius 3 is 2.35 bits per heavy atom. The first-order valence-corrected chi connectivity index (χ1v) is 15.0. The van der Waals surface area contributed by atoms with Crippen molar-refractivity contribution >= 4 is 34.7 Å². The third-order valence-corrected chi connectivity index (χ3v) is 7.49. The Balaban J connectivity index is 1.18. The number of hydrogen-bond acceptors (Lipinski definition) is 7. The summed E-state index contributed by atoms with van der Waals surface area (Å²) in [5.41, 5.74) is 4.72. The van der Waals surface area contributed by atoms with Crippen LogP contribution < -0.4 is 20.3 Å². The number of nitrogens with one attached hydrogen (secondary N) is 2. The highest BCUT2D eigenvalue weighted by Crippen LogP contribution is 2.28. The summed E-state index contributed by atoms with van der Waals surface area (Å²) < 4.78 is 17.2. The highest BCUT2D eigenvalue weighted by atomic mass is 16.6. The van der Waals surface area contributed by atoms with Crippen LogP contribution in [0.2, 0.25) is 0 Å². The molecule has 0 spiro atoms. The minimum absolute atomic E-state index is 0.0382. The number of anilines is 4. The summed E-state index contributed by atoms with van der Waals surface area (Å²) >= 11 is 0. The van der Waals surface area contributed by atoms with E-state index in [0.717, 1.165) is 54.6 Å². The zero-order chi connectivity index (χ0) is 30.4. The first kappa shape index (κ1) is 30.2. The number of carbonyl (C=O) groups is 2. The molecule has 0 atom stereocenters. The Kier molecular flexibility index (Phi) is 9.40. The van der Waals surface area contributed by atoms with Gasteiger partial charge in [0.05, 0.1) is 13.2 Å². The molecular formula is C34H42N4O5. The van der Waals surface area contributed by atoms with Crippen molar-refractivity contribution in [2.75, 3.05) is 54.9 Å². The van der Waals surface area contributed by atoms with E-state index in [4.69, 9.17) is 14.2 Å². The van der Waals surface area contributed by atoms with Crippen molar-refractivity contribution in [2.45, 2.75) is 52.2 Å². The molecule has 228 valence electrons. The molecule has 0 saturated carbocycles. The number of piperidine rings is 1. The van der Waals surface area contributed by atoms with Gasteiger partial charge in [0.25, 0.3) is 5.91 Å². The van der Waals surface area contributed by atoms with E-state index < -0.39 is 5.60 Å². The van der Waals surface area contributed by atoms with Gasteiger partial charge in [-0.15, -0.1) is 0 Å². The first-order chi connectivity index (χ1) is 20.6. The molecular weight excluding hydrogens is 544 g/mol. The predicted molar refractivity (Wildman–Crippen MR) is 170 cm³/mol. The van der Waals surface area contributed by atoms with Gasteiger partial charge in [0.1, 0.15) is 17.5 Å². The fourth-order valence-electron chi connectivity index (χ4n) is 5.18. The first-order valence-electron chi connectivity index (χ1n) is 15.0. The van der Waals surface area contributed by atoms with Crippen LogP contribution >= 0.6 is 0 Å². The lowest BCUT2D eigenvalue weighted by atomic mass is 10.1. The Hall–Kier alpha value is -4.24. The fourth-order valence-corrected chi connectivity index (χ4v) is 5.18. The molecule has 0 bridgehead atoms. The van der Waals surface area contributed by atoms with E-state index in [1.165, 1.54) is 0 Å². The summed E-state index contributed by atoms with van der Waals surface area (Å²) in [6.45, 7) is 11.9. The van der Waals surface area contributed by atoms with Crippen molar-refractivity contribution in [1.82, 2.24) is 4.90 Å². The van der Waals surface area contributed by atoms with Crippen LogP contribution in [0.4, 0.5) is 27.5 Å². The lowest BCUT2D eigenvalue weighted by Crippen LogP contribution is -2.44. The van der Waals surface area contributed by atoms with Gasteiger partial charge in [-0.1, -0.05) is 18.2 Å². The number of aryl methyl sites for hydroxylation is 1. The third kappa shape index (κ3) is 8.41. The molecule has 2 N–H and O–H groups in total. The SMILES string of the molecule is Cc1ccc(Nc2cccc(N3CCOCC3)c2)cc1NC(=O)c1cccc(OC2CCN(C(=O)OC(C)(C)C)CC2)c1. The van der Waals surface area contributed by atoms with Gasteiger partial charge in [-0.2, -0.15) is 0 Å². The normalized spacial score (nSPS) is 16.0. The molecule has 0 aromatic heterocycles. The summed E-state index contributed by atoms with van der Waals surface area (Å²) in [4.78, 5) is 29.7. The van der Waals surface area contributed by atoms with Gasteiger partial charge in [0.15, 0.2) is 0 Å². The third-order valence-electron chi connectivity index (χ3n) is 7.49. The van der Waals surface area contributed by atoms with Crippen molar-refractivity contribution < 1.29 is 23.8 Å². The predicted octanol–water partition coefficient (Wildman–Crippen LogP) is 6.61. The maximum Gasteiger partial charge on any atom is 0.410 e. The number of hydrogen-bond donors (Lipinski definition) is 2. The van der Waals surface area contributed by atoms with Gasteiger partial charge >= 0.3 is 6.09 Å². The lowest BCUT2D eigenvalue weighted by Gasteiger charge is -2.33. The standard InChI is InChI=1S/C34H42N4O5/c1-24-11-12-27(35-26-8-6-9-28(22-26)37-17-19-41-20-18-37)23-31(24)36-32(39)25-7-5-10-30(21-25)42-29-13-15-38(16-14-29)33(40)43-34(2,3)4/h5-12,21-23,29,35H,13-20H2,1-4H3,(H,36,39). The minimum Gasteiger partial charge on any atom is -0.490 e. The van der Waals surface area contributed by atoms with Gasteiger partial charge in [-0.25, -0.2) is 4.79 Å². The van der Waals surface area contributed by atoms with Gasteiger partial charge in [0.2, 0.25) is 0 Å². The van der Waals surface area contributed by atoms with Crippen molar-refractivity contribution in [1.29, 1.82) is 0 Å². The van der Waals surface area contributed by atoms with E-state index >= 15 is 0 Å². The van der Waals surface area contributed by atoms with Crippen LogP contribution in [0.15, 0.2) is 66.7 Å². The maximum absolute atomic E-state index is 13.3. The Labute approximate surface area is 254 Å². The summed E-state index contributed by atoms with van der Waals surface area (Å²) in [6, 6.07) is 21.5. The molecule has 9 heteroatoms. The van der Waals surface area contributed by atoms with Gasteiger partial charge in [-0.05, 0) is 81.8 Å². The van der Waals surface area contributed by atoms with Crippen molar-refractivity contribution in [3.8, 4) is 5.75 Å². The molecule has 43 heavy (non-hydrogen) atoms. The second-order valence-corrected chi connectivity index (χ2v) is 12.1. The van der Waals surface area contributed by atoms with Gasteiger partial charge < -0.3 is 34.6 Å². The lowest BCUT2D eigenvalue weighted by molar-refractivity contribution is 0.0126. The highest BCUT2D eigenvalue weighted by Gasteiger charge is 2.27. The summed E-state index contributed by atoms with van der Waals surface area (Å²) in [7, 11) is 0. The molecule has 3 aromatic rings. The van der Waals surface area contributed by atoms with Crippen LogP contribution in [0.1, 0.15) is 49.5 Å². The molecule has 2 heterocycles. The van der Waals surface area contributed by atoms with E-state index in [1.807, 2.05) is 70.2 Å². The molecule has 2 saturated heterocycles. The molecule has 0 aliphatic carbocycles. The van der Waals surface area contributed by atoms with Crippen LogP contribution in [-0.2, 0) is 9.47 Å². The van der Waals surface area contributed by atoms with E-state index in [-0.39, 0.29) is 18.1 Å². The summed E-state index contributed by atoms with van der Waals surface area (Å²) in [6.07, 6.45) is 1.07. The van der Waals surface area contributed by atoms with Crippen LogP contribution in [-0.4, -0.2) is 68.0 Å². The Bertz CT molecular complexity index is 1420. The largest absolute Gasteiger partial charge is 0.490 e. The average molecular weight is 587 g/mol. The van der Waals surface area contributed by atoms with Gasteiger partial charge in [0, 0.05) is 67.3 Å². The van der Waals surface area contributed by atoms with E-state index in [1.54, 1.807) is 17.0 Å². The van der Waals surface area contributed by atoms with E-state index in [9.17, 15) is 9.59 Å². The molecule has 9 nitrogen and oxygen atoms in total. The second-order valence-electron chi connectivity index (χ2n) is 12.1. The fraction of sp³-hybridized carbons (Fsp3) is 0.412. The number of nitrogens with zero attached hydrogens (tertiary/aromatic N) is 2. The van der Waals surface area contributed by atoms with Crippen LogP contribution in [0, 0.1) is 6.92 Å². The number of carbonyl (C=O) groups excluding carboxylic acids is 2. The number of morpholine rings is 1. The van der Waals surface area contributed by atoms with Gasteiger partial charge in [-0.3, -0.25) is 4.79 Å². The molecule has 2 fully saturated rings. The second kappa shape index (κ2) is 13.4. The minimum atomic E-state index is -0.517. The zero-order valence-corrected chi connectivity index (χ0v) is 25.5. The molecule has 2 aliphatic rings. The van der Waals surface area contributed by atoms with Crippen molar-refractivity contribution in [3.05, 3.63) is 77.9 Å². The molecule has 5 rings (SSSR count). The quantitative estimate of drug-likeness (QED) is 0.322. The van der Waals surface area contributed by atoms with E-state index in [2.05, 4.69) is 27.7 Å². The van der Waals surface area contributed by atoms with E-state index in [0.29, 0.717) is 37.2 Å². The smallest absolute Gasteiger partial charge is 0.410 e. The topological polar surface area (TPSA) is 92.4 Å². The zero-order valence-electron chi connectivity index (χ0n) is 25.5. The Morgan fingerprint density at radius 1 is 0.884 bits per heavy atom. The summed E-state index contributed by atoms with van der Waals surface area (Å²) in [5, 5.41) is 6.55. The summed E-state index contributed by atoms with van der Waals surface area (Å²) in [5.74, 6) is 0.426. The van der Waals surface area contributed by atoms with Crippen LogP contribution in [0.3, 0.4) is 0 Å². The molecule has 0 radical (unpaired) electrons. The number of ether oxygens (including phenoxy) is 3. The number of likely N-dealkylation sites (tertiary alicyclic amines) is 1. The molecule has 2 amide bonds. The molecule has 2 aliphatic heterocycles. The van der Waals surface area contributed by atoms with Crippen LogP contribution in [0.5, 0.6) is 5.75 Å². The monoisotopic (exact) mass is 586 g/mol. The number of amides is 2. The van der Waals surface area contributed by atoms with Crippen molar-refractivity contribution in [3.63, 3.8) is 0 Å². The maximum atomic E-state index is 13.3. The molecule has 0 unspecified atom stereocenters. The Morgan fingerprint density at radius 2 is 1.60 bits per heavy atom. The average Bonchev–Trinajstić information content (AvgIpc) is 2.99.